The topological polar surface area (TPSA) is 157 Å². The molecule has 0 bridgehead atoms. The highest BCUT2D eigenvalue weighted by atomic mass is 16.6. The van der Waals surface area contributed by atoms with Crippen molar-refractivity contribution in [3.8, 4) is 17.1 Å². The second kappa shape index (κ2) is 14.1. The van der Waals surface area contributed by atoms with Gasteiger partial charge in [0, 0.05) is 46.4 Å². The Labute approximate surface area is 317 Å². The largest absolute Gasteiger partial charge is 0.458 e. The van der Waals surface area contributed by atoms with E-state index in [1.54, 1.807) is 64.1 Å². The Morgan fingerprint density at radius 1 is 1.02 bits per heavy atom. The molecule has 1 fully saturated rings. The Kier molecular flexibility index (Phi) is 9.24. The number of allylic oxidation sites excluding steroid dienone is 1. The maximum absolute atomic E-state index is 13.7. The first-order valence-corrected chi connectivity index (χ1v) is 18.9. The van der Waals surface area contributed by atoms with Gasteiger partial charge in [-0.15, -0.1) is 0 Å². The predicted molar refractivity (Wildman–Crippen MR) is 204 cm³/mol. The van der Waals surface area contributed by atoms with Crippen LogP contribution in [0.25, 0.3) is 22.3 Å². The highest BCUT2D eigenvalue weighted by Crippen LogP contribution is 2.41. The van der Waals surface area contributed by atoms with Crippen molar-refractivity contribution in [2.75, 3.05) is 11.9 Å². The van der Waals surface area contributed by atoms with E-state index in [0.29, 0.717) is 64.9 Å². The predicted octanol–water partition coefficient (Wildman–Crippen LogP) is 5.91. The number of carbonyl (C=O) groups excluding carboxylic acids is 4. The fourth-order valence-corrected chi connectivity index (χ4v) is 8.53. The molecule has 2 aromatic heterocycles. The van der Waals surface area contributed by atoms with Crippen LogP contribution in [0.2, 0.25) is 0 Å². The maximum atomic E-state index is 13.7. The molecule has 0 saturated heterocycles. The van der Waals surface area contributed by atoms with E-state index in [1.165, 1.54) is 6.08 Å². The Bertz CT molecular complexity index is 2370. The number of hydrogen-bond acceptors (Lipinski definition) is 9. The lowest BCUT2D eigenvalue weighted by atomic mass is 9.81. The minimum atomic E-state index is -1.90. The van der Waals surface area contributed by atoms with Gasteiger partial charge < -0.3 is 29.4 Å². The lowest BCUT2D eigenvalue weighted by molar-refractivity contribution is -0.172. The summed E-state index contributed by atoms with van der Waals surface area (Å²) in [4.78, 5) is 71.5. The average molecular weight is 743 g/mol. The van der Waals surface area contributed by atoms with Crippen LogP contribution in [0, 0.1) is 11.8 Å². The van der Waals surface area contributed by atoms with Crippen LogP contribution in [0.3, 0.4) is 0 Å². The number of amides is 2. The summed E-state index contributed by atoms with van der Waals surface area (Å²) in [6.45, 7) is 8.50. The van der Waals surface area contributed by atoms with Gasteiger partial charge in [0.25, 0.3) is 11.5 Å². The number of anilines is 1. The summed E-state index contributed by atoms with van der Waals surface area (Å²) in [5.41, 5.74) is 3.57. The molecule has 5 heterocycles. The summed E-state index contributed by atoms with van der Waals surface area (Å²) < 4.78 is 12.7. The van der Waals surface area contributed by atoms with E-state index in [0.717, 1.165) is 42.2 Å². The number of nitrogens with one attached hydrogen (secondary N) is 1. The molecule has 1 saturated carbocycles. The van der Waals surface area contributed by atoms with Crippen LogP contribution < -0.4 is 15.6 Å². The van der Waals surface area contributed by atoms with E-state index in [9.17, 15) is 29.1 Å². The van der Waals surface area contributed by atoms with Crippen molar-refractivity contribution >= 4 is 40.3 Å². The molecule has 282 valence electrons. The van der Waals surface area contributed by atoms with Gasteiger partial charge >= 0.3 is 11.9 Å². The molecule has 2 aromatic carbocycles. The van der Waals surface area contributed by atoms with Gasteiger partial charge in [-0.05, 0) is 105 Å². The number of aromatic nitrogens is 2. The molecular formula is C43H42N4O8. The molecule has 1 unspecified atom stereocenters. The van der Waals surface area contributed by atoms with E-state index < -0.39 is 17.5 Å². The summed E-state index contributed by atoms with van der Waals surface area (Å²) in [6.07, 6.45) is 7.71. The zero-order chi connectivity index (χ0) is 38.6. The number of hydrogen-bond donors (Lipinski definition) is 2. The molecule has 0 spiro atoms. The van der Waals surface area contributed by atoms with Gasteiger partial charge in [0.05, 0.1) is 34.6 Å². The number of aliphatic hydroxyl groups is 1. The van der Waals surface area contributed by atoms with Gasteiger partial charge in [-0.25, -0.2) is 14.6 Å². The normalized spacial score (nSPS) is 21.3. The highest BCUT2D eigenvalue weighted by Gasteiger charge is 2.46. The monoisotopic (exact) mass is 742 g/mol. The third-order valence-corrected chi connectivity index (χ3v) is 11.5. The van der Waals surface area contributed by atoms with Gasteiger partial charge in [0.15, 0.2) is 5.60 Å². The number of ether oxygens (including phenoxy) is 2. The van der Waals surface area contributed by atoms with Crippen molar-refractivity contribution in [2.45, 2.75) is 77.5 Å². The number of fused-ring (bicyclic) bond motifs is 5. The first-order chi connectivity index (χ1) is 26.5. The molecule has 55 heavy (non-hydrogen) atoms. The van der Waals surface area contributed by atoms with E-state index in [-0.39, 0.29) is 54.0 Å². The first kappa shape index (κ1) is 36.1. The van der Waals surface area contributed by atoms with Crippen LogP contribution >= 0.6 is 0 Å². The molecule has 3 aliphatic heterocycles. The third kappa shape index (κ3) is 6.33. The van der Waals surface area contributed by atoms with Gasteiger partial charge in [-0.3, -0.25) is 14.4 Å². The number of cyclic esters (lactones) is 1. The van der Waals surface area contributed by atoms with Gasteiger partial charge in [0.2, 0.25) is 5.91 Å². The number of carbonyl (C=O) groups is 4. The second-order valence-corrected chi connectivity index (χ2v) is 14.9. The minimum Gasteiger partial charge on any atom is -0.458 e. The van der Waals surface area contributed by atoms with Crippen LogP contribution in [0.1, 0.15) is 85.0 Å². The van der Waals surface area contributed by atoms with Crippen molar-refractivity contribution < 1.29 is 33.8 Å². The van der Waals surface area contributed by atoms with Crippen molar-refractivity contribution in [3.05, 3.63) is 111 Å². The fourth-order valence-electron chi connectivity index (χ4n) is 8.53. The van der Waals surface area contributed by atoms with Gasteiger partial charge in [-0.2, -0.15) is 0 Å². The maximum Gasteiger partial charge on any atom is 0.343 e. The van der Waals surface area contributed by atoms with Crippen LogP contribution in [-0.4, -0.2) is 49.9 Å². The zero-order valence-corrected chi connectivity index (χ0v) is 30.9. The fraction of sp³-hybridized carbons (Fsp3) is 0.349. The molecular weight excluding hydrogens is 700 g/mol. The molecule has 4 aromatic rings. The van der Waals surface area contributed by atoms with Crippen LogP contribution in [0.4, 0.5) is 5.69 Å². The number of esters is 2. The number of benzene rings is 2. The molecule has 4 aliphatic rings. The van der Waals surface area contributed by atoms with Crippen LogP contribution in [0.15, 0.2) is 77.8 Å². The van der Waals surface area contributed by atoms with Crippen LogP contribution in [-0.2, 0) is 44.3 Å². The van der Waals surface area contributed by atoms with E-state index in [1.807, 2.05) is 13.8 Å². The summed E-state index contributed by atoms with van der Waals surface area (Å²) in [7, 11) is 0. The van der Waals surface area contributed by atoms with E-state index >= 15 is 0 Å². The van der Waals surface area contributed by atoms with E-state index in [4.69, 9.17) is 14.5 Å². The highest BCUT2D eigenvalue weighted by molar-refractivity contribution is 5.96. The Morgan fingerprint density at radius 3 is 2.47 bits per heavy atom. The Hall–Kier alpha value is -5.88. The quantitative estimate of drug-likeness (QED) is 0.139. The molecule has 1 aliphatic carbocycles. The lowest BCUT2D eigenvalue weighted by Gasteiger charge is -2.32. The van der Waals surface area contributed by atoms with Crippen molar-refractivity contribution in [1.29, 1.82) is 0 Å². The van der Waals surface area contributed by atoms with Crippen LogP contribution in [0.5, 0.6) is 5.75 Å². The van der Waals surface area contributed by atoms with Gasteiger partial charge in [-0.1, -0.05) is 26.8 Å². The second-order valence-electron chi connectivity index (χ2n) is 14.9. The number of aryl methyl sites for hydroxylation is 1. The lowest BCUT2D eigenvalue weighted by Crippen LogP contribution is -2.44. The molecule has 0 radical (unpaired) electrons. The smallest absolute Gasteiger partial charge is 0.343 e. The average Bonchev–Trinajstić information content (AvgIpc) is 3.71. The molecule has 2 N–H and O–H groups in total. The number of pyridine rings is 2. The third-order valence-electron chi connectivity index (χ3n) is 11.5. The summed E-state index contributed by atoms with van der Waals surface area (Å²) in [5.74, 6) is -0.867. The zero-order valence-electron chi connectivity index (χ0n) is 30.9. The summed E-state index contributed by atoms with van der Waals surface area (Å²) in [5, 5.41) is 15.2. The molecule has 1 atom stereocenters. The van der Waals surface area contributed by atoms with Crippen molar-refractivity contribution in [2.24, 2.45) is 11.8 Å². The van der Waals surface area contributed by atoms with Gasteiger partial charge in [0.1, 0.15) is 12.4 Å². The molecule has 12 heteroatoms. The number of nitrogens with zero attached hydrogens (tertiary/aromatic N) is 3. The molecule has 2 amide bonds. The molecule has 12 nitrogen and oxygen atoms in total. The summed E-state index contributed by atoms with van der Waals surface area (Å²) in [6, 6.07) is 13.5. The van der Waals surface area contributed by atoms with Crippen molar-refractivity contribution in [3.63, 3.8) is 0 Å². The number of rotatable bonds is 9. The SMILES string of the molecule is C=C1C=CC(=O)N1CC1CCC(C(=O)Nc2ccc(C(=O)Oc3ccc4nc5c(c(CC)c4c3)Cn3c-5cc4c(c3=O)COC(=O)C4(O)CCC)cc2)CC1. The standard InChI is InChI=1S/C43H42N4O8/c1-4-18-43(53)34-20-36-38-32(22-47(36)40(50)33(34)23-54-42(43)52)30(5-2)31-19-29(15-16-35(31)45-38)55-41(51)27-11-13-28(14-12-27)44-39(49)26-9-7-25(8-10-26)21-46-24(3)6-17-37(46)48/h6,11-17,19-20,25-26,53H,3-5,7-10,18,21-23H2,1-2H3,(H,44,49). The van der Waals surface area contributed by atoms with E-state index in [2.05, 4.69) is 11.9 Å². The minimum absolute atomic E-state index is 0.0357. The molecule has 8 rings (SSSR count). The summed E-state index contributed by atoms with van der Waals surface area (Å²) >= 11 is 0. The first-order valence-electron chi connectivity index (χ1n) is 18.9. The Morgan fingerprint density at radius 2 is 1.78 bits per heavy atom. The van der Waals surface area contributed by atoms with Crippen molar-refractivity contribution in [1.82, 2.24) is 14.5 Å². The Balaban J connectivity index is 0.947.